The van der Waals surface area contributed by atoms with E-state index in [-0.39, 0.29) is 5.91 Å². The molecule has 0 bridgehead atoms. The molecule has 26 heavy (non-hydrogen) atoms. The number of rotatable bonds is 9. The van der Waals surface area contributed by atoms with Gasteiger partial charge in [-0.1, -0.05) is 35.3 Å². The van der Waals surface area contributed by atoms with Gasteiger partial charge in [-0.15, -0.1) is 0 Å². The van der Waals surface area contributed by atoms with Crippen LogP contribution in [0.5, 0.6) is 11.5 Å². The zero-order valence-electron chi connectivity index (χ0n) is 15.0. The average molecular weight is 396 g/mol. The molecule has 0 radical (unpaired) electrons. The minimum atomic E-state index is -0.0390. The van der Waals surface area contributed by atoms with Crippen LogP contribution in [0.1, 0.15) is 31.4 Å². The van der Waals surface area contributed by atoms with Crippen LogP contribution >= 0.6 is 23.2 Å². The van der Waals surface area contributed by atoms with Gasteiger partial charge < -0.3 is 14.8 Å². The summed E-state index contributed by atoms with van der Waals surface area (Å²) < 4.78 is 11.1. The van der Waals surface area contributed by atoms with Gasteiger partial charge in [0.2, 0.25) is 5.91 Å². The highest BCUT2D eigenvalue weighted by Gasteiger charge is 2.09. The molecule has 0 saturated carbocycles. The van der Waals surface area contributed by atoms with Gasteiger partial charge in [-0.2, -0.15) is 0 Å². The van der Waals surface area contributed by atoms with Crippen LogP contribution in [0, 0.1) is 0 Å². The highest BCUT2D eigenvalue weighted by atomic mass is 35.5. The van der Waals surface area contributed by atoms with Crippen molar-refractivity contribution in [3.8, 4) is 11.5 Å². The van der Waals surface area contributed by atoms with Crippen LogP contribution in [-0.2, 0) is 17.8 Å². The summed E-state index contributed by atoms with van der Waals surface area (Å²) in [5.41, 5.74) is 1.86. The van der Waals surface area contributed by atoms with E-state index in [0.717, 1.165) is 11.1 Å². The Labute approximate surface area is 164 Å². The molecule has 140 valence electrons. The number of ether oxygens (including phenoxy) is 2. The molecule has 1 amide bonds. The molecule has 0 spiro atoms. The molecule has 2 rings (SSSR count). The lowest BCUT2D eigenvalue weighted by atomic mass is 10.1. The molecule has 0 unspecified atom stereocenters. The van der Waals surface area contributed by atoms with Crippen molar-refractivity contribution >= 4 is 29.1 Å². The number of halogens is 2. The molecule has 0 saturated heterocycles. The lowest BCUT2D eigenvalue weighted by Gasteiger charge is -2.13. The lowest BCUT2D eigenvalue weighted by Crippen LogP contribution is -2.23. The molecule has 0 aliphatic rings. The average Bonchev–Trinajstić information content (AvgIpc) is 2.61. The molecule has 4 nitrogen and oxygen atoms in total. The summed E-state index contributed by atoms with van der Waals surface area (Å²) in [6, 6.07) is 11.0. The number of amides is 1. The number of carbonyl (C=O) groups is 1. The third-order valence-corrected chi connectivity index (χ3v) is 4.32. The van der Waals surface area contributed by atoms with E-state index in [2.05, 4.69) is 5.32 Å². The molecule has 2 aromatic rings. The third-order valence-electron chi connectivity index (χ3n) is 3.73. The fraction of sp³-hybridized carbons (Fsp3) is 0.350. The van der Waals surface area contributed by atoms with Gasteiger partial charge >= 0.3 is 0 Å². The summed E-state index contributed by atoms with van der Waals surface area (Å²) in [4.78, 5) is 12.1. The Morgan fingerprint density at radius 2 is 1.73 bits per heavy atom. The molecular weight excluding hydrogens is 373 g/mol. The summed E-state index contributed by atoms with van der Waals surface area (Å²) in [7, 11) is 0. The number of benzene rings is 2. The van der Waals surface area contributed by atoms with Crippen molar-refractivity contribution in [1.29, 1.82) is 0 Å². The van der Waals surface area contributed by atoms with E-state index in [1.165, 1.54) is 0 Å². The van der Waals surface area contributed by atoms with Crippen molar-refractivity contribution in [2.24, 2.45) is 0 Å². The largest absolute Gasteiger partial charge is 0.490 e. The van der Waals surface area contributed by atoms with Crippen molar-refractivity contribution in [1.82, 2.24) is 5.32 Å². The highest BCUT2D eigenvalue weighted by molar-refractivity contribution is 6.35. The minimum Gasteiger partial charge on any atom is -0.490 e. The third kappa shape index (κ3) is 6.11. The minimum absolute atomic E-state index is 0.0390. The molecule has 0 aromatic heterocycles. The Kier molecular flexibility index (Phi) is 8.07. The van der Waals surface area contributed by atoms with Gasteiger partial charge in [-0.25, -0.2) is 0 Å². The first kappa shape index (κ1) is 20.4. The second kappa shape index (κ2) is 10.3. The summed E-state index contributed by atoms with van der Waals surface area (Å²) in [6.07, 6.45) is 0.923. The smallest absolute Gasteiger partial charge is 0.220 e. The van der Waals surface area contributed by atoms with E-state index in [0.29, 0.717) is 54.1 Å². The SMILES string of the molecule is CCOc1ccc(CNC(=O)CCc2ccc(Cl)cc2Cl)cc1OCC. The second-order valence-corrected chi connectivity index (χ2v) is 6.50. The molecule has 1 N–H and O–H groups in total. The molecule has 0 heterocycles. The standard InChI is InChI=1S/C20H23Cl2NO3/c1-3-25-18-9-5-14(11-19(18)26-4-2)13-23-20(24)10-7-15-6-8-16(21)12-17(15)22/h5-6,8-9,11-12H,3-4,7,10,13H2,1-2H3,(H,23,24). The summed E-state index contributed by atoms with van der Waals surface area (Å²) in [6.45, 7) is 5.41. The monoisotopic (exact) mass is 395 g/mol. The van der Waals surface area contributed by atoms with Gasteiger partial charge in [-0.3, -0.25) is 4.79 Å². The number of nitrogens with one attached hydrogen (secondary N) is 1. The number of carbonyl (C=O) groups excluding carboxylic acids is 1. The predicted molar refractivity (Wildman–Crippen MR) is 105 cm³/mol. The van der Waals surface area contributed by atoms with Gasteiger partial charge in [0.1, 0.15) is 0 Å². The van der Waals surface area contributed by atoms with Gasteiger partial charge in [0.05, 0.1) is 13.2 Å². The molecule has 0 atom stereocenters. The molecule has 2 aromatic carbocycles. The molecule has 0 aliphatic carbocycles. The maximum absolute atomic E-state index is 12.1. The Morgan fingerprint density at radius 3 is 2.42 bits per heavy atom. The number of hydrogen-bond donors (Lipinski definition) is 1. The quantitative estimate of drug-likeness (QED) is 0.646. The van der Waals surface area contributed by atoms with Crippen LogP contribution in [-0.4, -0.2) is 19.1 Å². The second-order valence-electron chi connectivity index (χ2n) is 5.66. The van der Waals surface area contributed by atoms with Crippen molar-refractivity contribution in [2.75, 3.05) is 13.2 Å². The van der Waals surface area contributed by atoms with Crippen molar-refractivity contribution < 1.29 is 14.3 Å². The van der Waals surface area contributed by atoms with E-state index < -0.39 is 0 Å². The first-order valence-electron chi connectivity index (χ1n) is 8.62. The van der Waals surface area contributed by atoms with Crippen molar-refractivity contribution in [3.63, 3.8) is 0 Å². The van der Waals surface area contributed by atoms with Gasteiger partial charge in [0.25, 0.3) is 0 Å². The van der Waals surface area contributed by atoms with Gasteiger partial charge in [0, 0.05) is 23.0 Å². The zero-order valence-corrected chi connectivity index (χ0v) is 16.5. The highest BCUT2D eigenvalue weighted by Crippen LogP contribution is 2.28. The fourth-order valence-corrected chi connectivity index (χ4v) is 2.97. The maximum Gasteiger partial charge on any atom is 0.220 e. The molecule has 6 heteroatoms. The molecule has 0 aliphatic heterocycles. The number of hydrogen-bond acceptors (Lipinski definition) is 3. The fourth-order valence-electron chi connectivity index (χ4n) is 2.47. The first-order valence-corrected chi connectivity index (χ1v) is 9.38. The Morgan fingerprint density at radius 1 is 1.00 bits per heavy atom. The van der Waals surface area contributed by atoms with Crippen LogP contribution in [0.15, 0.2) is 36.4 Å². The van der Waals surface area contributed by atoms with Crippen molar-refractivity contribution in [3.05, 3.63) is 57.6 Å². The maximum atomic E-state index is 12.1. The summed E-state index contributed by atoms with van der Waals surface area (Å²) in [5.74, 6) is 1.36. The van der Waals surface area contributed by atoms with E-state index in [1.54, 1.807) is 12.1 Å². The topological polar surface area (TPSA) is 47.6 Å². The molecular formula is C20H23Cl2NO3. The van der Waals surface area contributed by atoms with Crippen LogP contribution < -0.4 is 14.8 Å². The van der Waals surface area contributed by atoms with E-state index in [9.17, 15) is 4.79 Å². The Bertz CT molecular complexity index is 750. The molecule has 0 fully saturated rings. The zero-order chi connectivity index (χ0) is 18.9. The predicted octanol–water partition coefficient (Wildman–Crippen LogP) is 5.04. The van der Waals surface area contributed by atoms with E-state index in [4.69, 9.17) is 32.7 Å². The van der Waals surface area contributed by atoms with E-state index >= 15 is 0 Å². The van der Waals surface area contributed by atoms with Crippen LogP contribution in [0.2, 0.25) is 10.0 Å². The Hall–Kier alpha value is -1.91. The van der Waals surface area contributed by atoms with Gasteiger partial charge in [-0.05, 0) is 55.7 Å². The van der Waals surface area contributed by atoms with Gasteiger partial charge in [0.15, 0.2) is 11.5 Å². The first-order chi connectivity index (χ1) is 12.5. The summed E-state index contributed by atoms with van der Waals surface area (Å²) in [5, 5.41) is 4.08. The van der Waals surface area contributed by atoms with Crippen molar-refractivity contribution in [2.45, 2.75) is 33.2 Å². The van der Waals surface area contributed by atoms with Crippen LogP contribution in [0.3, 0.4) is 0 Å². The van der Waals surface area contributed by atoms with E-state index in [1.807, 2.05) is 38.1 Å². The van der Waals surface area contributed by atoms with Crippen LogP contribution in [0.4, 0.5) is 0 Å². The normalized spacial score (nSPS) is 10.5. The lowest BCUT2D eigenvalue weighted by molar-refractivity contribution is -0.121. The summed E-state index contributed by atoms with van der Waals surface area (Å²) >= 11 is 12.0. The van der Waals surface area contributed by atoms with Crippen LogP contribution in [0.25, 0.3) is 0 Å². The number of aryl methyl sites for hydroxylation is 1. The Balaban J connectivity index is 1.89.